The second-order valence-electron chi connectivity index (χ2n) is 5.48. The van der Waals surface area contributed by atoms with Crippen molar-refractivity contribution in [2.24, 2.45) is 11.8 Å². The Hall–Kier alpha value is -0.610. The summed E-state index contributed by atoms with van der Waals surface area (Å²) < 4.78 is 0. The molecular formula is C12H21N3O. The van der Waals surface area contributed by atoms with E-state index in [2.05, 4.69) is 15.5 Å². The molecule has 90 valence electrons. The Morgan fingerprint density at radius 3 is 2.69 bits per heavy atom. The molecule has 3 aliphatic rings. The normalized spacial score (nSPS) is 40.5. The first-order valence-electron chi connectivity index (χ1n) is 6.54. The summed E-state index contributed by atoms with van der Waals surface area (Å²) in [6.07, 6.45) is 3.04. The zero-order valence-corrected chi connectivity index (χ0v) is 9.74. The molecule has 2 N–H and O–H groups in total. The van der Waals surface area contributed by atoms with E-state index in [-0.39, 0.29) is 5.91 Å². The zero-order valence-electron chi connectivity index (χ0n) is 9.74. The largest absolute Gasteiger partial charge is 0.356 e. The molecule has 3 atom stereocenters. The van der Waals surface area contributed by atoms with Gasteiger partial charge in [-0.05, 0) is 37.8 Å². The van der Waals surface area contributed by atoms with Crippen molar-refractivity contribution in [1.82, 2.24) is 15.5 Å². The third-order valence-corrected chi connectivity index (χ3v) is 4.39. The van der Waals surface area contributed by atoms with Crippen LogP contribution in [0.1, 0.15) is 19.3 Å². The fraction of sp³-hybridized carbons (Fsp3) is 0.917. The van der Waals surface area contributed by atoms with E-state index in [9.17, 15) is 4.79 Å². The Morgan fingerprint density at radius 1 is 1.19 bits per heavy atom. The van der Waals surface area contributed by atoms with E-state index in [4.69, 9.17) is 0 Å². The minimum Gasteiger partial charge on any atom is -0.356 e. The number of rotatable bonds is 1. The van der Waals surface area contributed by atoms with Crippen molar-refractivity contribution in [3.05, 3.63) is 0 Å². The maximum atomic E-state index is 11.5. The fourth-order valence-corrected chi connectivity index (χ4v) is 3.46. The van der Waals surface area contributed by atoms with Crippen molar-refractivity contribution in [2.75, 3.05) is 32.7 Å². The average Bonchev–Trinajstić information content (AvgIpc) is 2.76. The van der Waals surface area contributed by atoms with Gasteiger partial charge in [0, 0.05) is 32.1 Å². The molecule has 0 aliphatic carbocycles. The minimum absolute atomic E-state index is 0.248. The van der Waals surface area contributed by atoms with Crippen LogP contribution in [0.5, 0.6) is 0 Å². The van der Waals surface area contributed by atoms with E-state index in [1.165, 1.54) is 32.6 Å². The lowest BCUT2D eigenvalue weighted by atomic mass is 10.0. The molecule has 0 aromatic carbocycles. The first kappa shape index (κ1) is 10.5. The smallest absolute Gasteiger partial charge is 0.221 e. The second kappa shape index (κ2) is 4.34. The van der Waals surface area contributed by atoms with Crippen molar-refractivity contribution >= 4 is 5.91 Å². The maximum Gasteiger partial charge on any atom is 0.221 e. The van der Waals surface area contributed by atoms with Gasteiger partial charge in [-0.3, -0.25) is 9.69 Å². The number of likely N-dealkylation sites (tertiary alicyclic amines) is 1. The van der Waals surface area contributed by atoms with Gasteiger partial charge in [-0.1, -0.05) is 0 Å². The van der Waals surface area contributed by atoms with Crippen LogP contribution in [0, 0.1) is 11.8 Å². The Bertz CT molecular complexity index is 269. The number of nitrogens with zero attached hydrogens (tertiary/aromatic N) is 1. The van der Waals surface area contributed by atoms with Crippen LogP contribution in [-0.2, 0) is 4.79 Å². The van der Waals surface area contributed by atoms with E-state index < -0.39 is 0 Å². The highest BCUT2D eigenvalue weighted by atomic mass is 16.1. The molecule has 3 saturated heterocycles. The molecule has 1 amide bonds. The van der Waals surface area contributed by atoms with Gasteiger partial charge in [0.25, 0.3) is 0 Å². The van der Waals surface area contributed by atoms with E-state index in [1.54, 1.807) is 0 Å². The Kier molecular flexibility index (Phi) is 2.86. The van der Waals surface area contributed by atoms with Crippen LogP contribution in [0.4, 0.5) is 0 Å². The van der Waals surface area contributed by atoms with E-state index in [1.807, 2.05) is 0 Å². The first-order chi connectivity index (χ1) is 7.83. The molecule has 0 bridgehead atoms. The standard InChI is InChI=1S/C12H21N3O/c16-12-4-11(2-1-3-14-12)15-7-9-5-13-6-10(9)8-15/h9-11,13H,1-8H2,(H,14,16). The van der Waals surface area contributed by atoms with Gasteiger partial charge in [-0.15, -0.1) is 0 Å². The summed E-state index contributed by atoms with van der Waals surface area (Å²) in [5.74, 6) is 1.93. The molecule has 3 rings (SSSR count). The molecule has 0 radical (unpaired) electrons. The van der Waals surface area contributed by atoms with Gasteiger partial charge < -0.3 is 10.6 Å². The fourth-order valence-electron chi connectivity index (χ4n) is 3.46. The molecular weight excluding hydrogens is 202 g/mol. The summed E-state index contributed by atoms with van der Waals surface area (Å²) in [6, 6.07) is 0.507. The Balaban J connectivity index is 1.62. The minimum atomic E-state index is 0.248. The molecule has 3 fully saturated rings. The average molecular weight is 223 g/mol. The molecule has 0 saturated carbocycles. The SMILES string of the molecule is O=C1CC(N2CC3CNCC3C2)CCCN1. The van der Waals surface area contributed by atoms with Crippen LogP contribution in [0.3, 0.4) is 0 Å². The summed E-state index contributed by atoms with van der Waals surface area (Å²) in [5.41, 5.74) is 0. The van der Waals surface area contributed by atoms with Crippen LogP contribution in [0.2, 0.25) is 0 Å². The van der Waals surface area contributed by atoms with Crippen LogP contribution in [0.15, 0.2) is 0 Å². The zero-order chi connectivity index (χ0) is 11.0. The van der Waals surface area contributed by atoms with Crippen LogP contribution >= 0.6 is 0 Å². The number of hydrogen-bond donors (Lipinski definition) is 2. The molecule has 4 nitrogen and oxygen atoms in total. The summed E-state index contributed by atoms with van der Waals surface area (Å²) >= 11 is 0. The lowest BCUT2D eigenvalue weighted by molar-refractivity contribution is -0.121. The second-order valence-corrected chi connectivity index (χ2v) is 5.48. The van der Waals surface area contributed by atoms with Crippen LogP contribution in [0.25, 0.3) is 0 Å². The van der Waals surface area contributed by atoms with Gasteiger partial charge in [-0.25, -0.2) is 0 Å². The number of hydrogen-bond acceptors (Lipinski definition) is 3. The lowest BCUT2D eigenvalue weighted by Gasteiger charge is -2.26. The van der Waals surface area contributed by atoms with E-state index >= 15 is 0 Å². The van der Waals surface area contributed by atoms with Crippen molar-refractivity contribution in [2.45, 2.75) is 25.3 Å². The van der Waals surface area contributed by atoms with Gasteiger partial charge >= 0.3 is 0 Å². The lowest BCUT2D eigenvalue weighted by Crippen LogP contribution is -2.37. The Morgan fingerprint density at radius 2 is 1.94 bits per heavy atom. The van der Waals surface area contributed by atoms with Gasteiger partial charge in [0.15, 0.2) is 0 Å². The number of carbonyl (C=O) groups is 1. The number of nitrogens with one attached hydrogen (secondary N) is 2. The van der Waals surface area contributed by atoms with Crippen molar-refractivity contribution in [3.8, 4) is 0 Å². The molecule has 16 heavy (non-hydrogen) atoms. The highest BCUT2D eigenvalue weighted by molar-refractivity contribution is 5.76. The third-order valence-electron chi connectivity index (χ3n) is 4.39. The van der Waals surface area contributed by atoms with E-state index in [0.29, 0.717) is 12.5 Å². The number of amides is 1. The molecule has 0 aromatic heterocycles. The third kappa shape index (κ3) is 1.96. The summed E-state index contributed by atoms with van der Waals surface area (Å²) in [6.45, 7) is 5.64. The van der Waals surface area contributed by atoms with Gasteiger partial charge in [-0.2, -0.15) is 0 Å². The topological polar surface area (TPSA) is 44.4 Å². The number of carbonyl (C=O) groups excluding carboxylic acids is 1. The molecule has 4 heteroatoms. The van der Waals surface area contributed by atoms with Crippen molar-refractivity contribution in [3.63, 3.8) is 0 Å². The monoisotopic (exact) mass is 223 g/mol. The predicted molar refractivity (Wildman–Crippen MR) is 62.1 cm³/mol. The van der Waals surface area contributed by atoms with Gasteiger partial charge in [0.05, 0.1) is 0 Å². The molecule has 3 heterocycles. The van der Waals surface area contributed by atoms with Gasteiger partial charge in [0.2, 0.25) is 5.91 Å². The summed E-state index contributed by atoms with van der Waals surface area (Å²) in [4.78, 5) is 14.1. The van der Waals surface area contributed by atoms with Crippen molar-refractivity contribution in [1.29, 1.82) is 0 Å². The van der Waals surface area contributed by atoms with Crippen LogP contribution < -0.4 is 10.6 Å². The molecule has 3 aliphatic heterocycles. The first-order valence-corrected chi connectivity index (χ1v) is 6.54. The highest BCUT2D eigenvalue weighted by Crippen LogP contribution is 2.30. The maximum absolute atomic E-state index is 11.5. The van der Waals surface area contributed by atoms with Crippen LogP contribution in [-0.4, -0.2) is 49.6 Å². The summed E-state index contributed by atoms with van der Waals surface area (Å²) in [5, 5.41) is 6.43. The highest BCUT2D eigenvalue weighted by Gasteiger charge is 2.39. The van der Waals surface area contributed by atoms with Gasteiger partial charge in [0.1, 0.15) is 0 Å². The van der Waals surface area contributed by atoms with Crippen molar-refractivity contribution < 1.29 is 4.79 Å². The molecule has 0 spiro atoms. The quantitative estimate of drug-likeness (QED) is 0.647. The molecule has 3 unspecified atom stereocenters. The summed E-state index contributed by atoms with van der Waals surface area (Å²) in [7, 11) is 0. The number of fused-ring (bicyclic) bond motifs is 1. The Labute approximate surface area is 96.8 Å². The van der Waals surface area contributed by atoms with E-state index in [0.717, 1.165) is 24.8 Å². The predicted octanol–water partition coefficient (Wildman–Crippen LogP) is -0.194. The molecule has 0 aromatic rings.